The van der Waals surface area contributed by atoms with Crippen LogP contribution in [0, 0.1) is 12.8 Å². The second-order valence-corrected chi connectivity index (χ2v) is 8.89. The summed E-state index contributed by atoms with van der Waals surface area (Å²) in [6.45, 7) is 5.11. The Labute approximate surface area is 199 Å². The van der Waals surface area contributed by atoms with Gasteiger partial charge in [-0.15, -0.1) is 0 Å². The highest BCUT2D eigenvalue weighted by Crippen LogP contribution is 2.23. The Balaban J connectivity index is 1.27. The third-order valence-electron chi connectivity index (χ3n) is 6.34. The third-order valence-corrected chi connectivity index (χ3v) is 6.34. The van der Waals surface area contributed by atoms with E-state index in [2.05, 4.69) is 28.5 Å². The van der Waals surface area contributed by atoms with Crippen LogP contribution in [0.15, 0.2) is 77.5 Å². The molecule has 0 radical (unpaired) electrons. The van der Waals surface area contributed by atoms with Crippen molar-refractivity contribution in [3.05, 3.63) is 95.5 Å². The molecule has 2 aromatic carbocycles. The zero-order valence-electron chi connectivity index (χ0n) is 19.4. The van der Waals surface area contributed by atoms with Crippen molar-refractivity contribution in [2.24, 2.45) is 5.92 Å². The number of benzene rings is 2. The maximum Gasteiger partial charge on any atom is 0.254 e. The Bertz CT molecular complexity index is 1270. The predicted octanol–water partition coefficient (Wildman–Crippen LogP) is 5.08. The van der Waals surface area contributed by atoms with Crippen molar-refractivity contribution in [3.8, 4) is 0 Å². The molecule has 0 saturated carbocycles. The van der Waals surface area contributed by atoms with E-state index in [1.165, 1.54) is 5.56 Å². The number of ether oxygens (including phenoxy) is 1. The number of nitrogens with zero attached hydrogens (tertiary/aromatic N) is 2. The fourth-order valence-corrected chi connectivity index (χ4v) is 4.46. The van der Waals surface area contributed by atoms with E-state index in [1.807, 2.05) is 54.3 Å². The lowest BCUT2D eigenvalue weighted by Crippen LogP contribution is -2.36. The summed E-state index contributed by atoms with van der Waals surface area (Å²) >= 11 is 0. The van der Waals surface area contributed by atoms with Crippen molar-refractivity contribution in [2.45, 2.75) is 19.9 Å². The molecule has 0 aliphatic carbocycles. The molecule has 1 fully saturated rings. The van der Waals surface area contributed by atoms with Gasteiger partial charge in [-0.25, -0.2) is 0 Å². The van der Waals surface area contributed by atoms with E-state index < -0.39 is 0 Å². The smallest absolute Gasteiger partial charge is 0.254 e. The van der Waals surface area contributed by atoms with E-state index in [0.29, 0.717) is 38.4 Å². The zero-order valence-corrected chi connectivity index (χ0v) is 19.4. The lowest BCUT2D eigenvalue weighted by Gasteiger charge is -2.24. The molecule has 1 aliphatic heterocycles. The summed E-state index contributed by atoms with van der Waals surface area (Å²) in [5.74, 6) is 0.268. The number of amides is 1. The van der Waals surface area contributed by atoms with Gasteiger partial charge in [0.05, 0.1) is 31.7 Å². The average Bonchev–Trinajstić information content (AvgIpc) is 3.21. The number of anilines is 1. The monoisotopic (exact) mass is 455 g/mol. The first-order valence-corrected chi connectivity index (χ1v) is 11.7. The molecule has 1 N–H and O–H groups in total. The van der Waals surface area contributed by atoms with E-state index in [-0.39, 0.29) is 11.8 Å². The van der Waals surface area contributed by atoms with Crippen LogP contribution in [0.25, 0.3) is 11.0 Å². The molecule has 5 rings (SSSR count). The number of carbonyl (C=O) groups excluding carboxylic acids is 1. The molecule has 34 heavy (non-hydrogen) atoms. The number of hydrogen-bond acceptors (Lipinski definition) is 5. The minimum absolute atomic E-state index is 0.0397. The average molecular weight is 456 g/mol. The number of fused-ring (bicyclic) bond motifs is 1. The second kappa shape index (κ2) is 10.1. The Morgan fingerprint density at radius 3 is 2.97 bits per heavy atom. The molecule has 1 atom stereocenters. The van der Waals surface area contributed by atoms with E-state index in [4.69, 9.17) is 9.15 Å². The van der Waals surface area contributed by atoms with Gasteiger partial charge in [-0.2, -0.15) is 0 Å². The number of rotatable bonds is 6. The summed E-state index contributed by atoms with van der Waals surface area (Å²) in [7, 11) is 0. The van der Waals surface area contributed by atoms with Crippen molar-refractivity contribution in [1.29, 1.82) is 0 Å². The van der Waals surface area contributed by atoms with Crippen molar-refractivity contribution < 1.29 is 13.9 Å². The molecule has 3 heterocycles. The number of aromatic nitrogens is 1. The molecular formula is C28H29N3O3. The molecule has 0 spiro atoms. The van der Waals surface area contributed by atoms with Crippen LogP contribution in [0.1, 0.15) is 27.2 Å². The van der Waals surface area contributed by atoms with Gasteiger partial charge in [0, 0.05) is 41.8 Å². The summed E-state index contributed by atoms with van der Waals surface area (Å²) in [6.07, 6.45) is 4.34. The maximum atomic E-state index is 13.4. The van der Waals surface area contributed by atoms with Crippen LogP contribution in [-0.4, -0.2) is 42.1 Å². The highest BCUT2D eigenvalue weighted by Gasteiger charge is 2.24. The standard InChI is InChI=1S/C28H29N3O3/c1-20-5-7-24(16-26(20)30-17-25-4-2-3-10-29-25)28(32)31-11-13-33-19-22(18-31)14-21-6-8-23-9-12-34-27(23)15-21/h2-10,12,15-16,22,30H,11,13-14,17-19H2,1H3. The fraction of sp³-hybridized carbons (Fsp3) is 0.286. The number of furan rings is 1. The highest BCUT2D eigenvalue weighted by atomic mass is 16.5. The molecule has 174 valence electrons. The van der Waals surface area contributed by atoms with Gasteiger partial charge in [-0.05, 0) is 60.9 Å². The minimum atomic E-state index is 0.0397. The molecule has 6 nitrogen and oxygen atoms in total. The van der Waals surface area contributed by atoms with Crippen LogP contribution in [0.4, 0.5) is 5.69 Å². The lowest BCUT2D eigenvalue weighted by molar-refractivity contribution is 0.0737. The van der Waals surface area contributed by atoms with E-state index in [1.54, 1.807) is 12.5 Å². The van der Waals surface area contributed by atoms with Gasteiger partial charge in [0.1, 0.15) is 5.58 Å². The van der Waals surface area contributed by atoms with E-state index >= 15 is 0 Å². The number of aryl methyl sites for hydroxylation is 1. The molecule has 4 aromatic rings. The number of carbonyl (C=O) groups is 1. The topological polar surface area (TPSA) is 67.6 Å². The van der Waals surface area contributed by atoms with Crippen LogP contribution in [0.2, 0.25) is 0 Å². The first-order valence-electron chi connectivity index (χ1n) is 11.7. The predicted molar refractivity (Wildman–Crippen MR) is 133 cm³/mol. The maximum absolute atomic E-state index is 13.4. The van der Waals surface area contributed by atoms with E-state index in [9.17, 15) is 4.79 Å². The molecule has 1 aliphatic rings. The van der Waals surface area contributed by atoms with Crippen molar-refractivity contribution in [3.63, 3.8) is 0 Å². The Kier molecular flexibility index (Phi) is 6.58. The molecule has 1 unspecified atom stereocenters. The summed E-state index contributed by atoms with van der Waals surface area (Å²) in [6, 6.07) is 20.0. The van der Waals surface area contributed by atoms with Gasteiger partial charge >= 0.3 is 0 Å². The summed E-state index contributed by atoms with van der Waals surface area (Å²) in [4.78, 5) is 19.7. The highest BCUT2D eigenvalue weighted by molar-refractivity contribution is 5.95. The number of pyridine rings is 1. The molecule has 0 bridgehead atoms. The lowest BCUT2D eigenvalue weighted by atomic mass is 9.98. The Morgan fingerprint density at radius 2 is 2.09 bits per heavy atom. The van der Waals surface area contributed by atoms with Gasteiger partial charge in [-0.1, -0.05) is 24.3 Å². The van der Waals surface area contributed by atoms with E-state index in [0.717, 1.165) is 34.3 Å². The summed E-state index contributed by atoms with van der Waals surface area (Å²) < 4.78 is 11.4. The van der Waals surface area contributed by atoms with Gasteiger partial charge in [0.15, 0.2) is 0 Å². The van der Waals surface area contributed by atoms with Crippen LogP contribution in [-0.2, 0) is 17.7 Å². The van der Waals surface area contributed by atoms with Crippen LogP contribution >= 0.6 is 0 Å². The van der Waals surface area contributed by atoms with Crippen molar-refractivity contribution in [1.82, 2.24) is 9.88 Å². The van der Waals surface area contributed by atoms with Gasteiger partial charge in [-0.3, -0.25) is 9.78 Å². The molecule has 1 saturated heterocycles. The largest absolute Gasteiger partial charge is 0.464 e. The molecular weight excluding hydrogens is 426 g/mol. The minimum Gasteiger partial charge on any atom is -0.464 e. The van der Waals surface area contributed by atoms with Crippen molar-refractivity contribution in [2.75, 3.05) is 31.6 Å². The van der Waals surface area contributed by atoms with Gasteiger partial charge < -0.3 is 19.4 Å². The number of hydrogen-bond donors (Lipinski definition) is 1. The quantitative estimate of drug-likeness (QED) is 0.439. The number of nitrogens with one attached hydrogen (secondary N) is 1. The second-order valence-electron chi connectivity index (χ2n) is 8.89. The van der Waals surface area contributed by atoms with Crippen LogP contribution < -0.4 is 5.32 Å². The summed E-state index contributed by atoms with van der Waals surface area (Å²) in [5.41, 5.74) is 5.78. The first-order chi connectivity index (χ1) is 16.7. The van der Waals surface area contributed by atoms with Crippen LogP contribution in [0.3, 0.4) is 0 Å². The normalized spacial score (nSPS) is 16.4. The first kappa shape index (κ1) is 22.2. The Morgan fingerprint density at radius 1 is 1.15 bits per heavy atom. The molecule has 6 heteroatoms. The van der Waals surface area contributed by atoms with Crippen molar-refractivity contribution >= 4 is 22.6 Å². The SMILES string of the molecule is Cc1ccc(C(=O)N2CCOCC(Cc3ccc4ccoc4c3)C2)cc1NCc1ccccn1. The molecule has 1 amide bonds. The van der Waals surface area contributed by atoms with Gasteiger partial charge in [0.25, 0.3) is 5.91 Å². The van der Waals surface area contributed by atoms with Gasteiger partial charge in [0.2, 0.25) is 0 Å². The third kappa shape index (κ3) is 5.13. The Hall–Kier alpha value is -3.64. The summed E-state index contributed by atoms with van der Waals surface area (Å²) in [5, 5.41) is 4.53. The molecule has 2 aromatic heterocycles. The fourth-order valence-electron chi connectivity index (χ4n) is 4.46. The van der Waals surface area contributed by atoms with Crippen LogP contribution in [0.5, 0.6) is 0 Å². The zero-order chi connectivity index (χ0) is 23.3.